The number of amides is 2. The Morgan fingerprint density at radius 3 is 2.36 bits per heavy atom. The number of carbonyl (C=O) groups is 3. The first kappa shape index (κ1) is 21.2. The SMILES string of the molecule is CSC[C@@H](NC(=O)/C(=C/c1ccccc1F)NC(=O)c1ccccc1)C(=O)O. The summed E-state index contributed by atoms with van der Waals surface area (Å²) in [5.74, 6) is -3.05. The van der Waals surface area contributed by atoms with Gasteiger partial charge in [0.1, 0.15) is 17.6 Å². The molecule has 3 N–H and O–H groups in total. The predicted octanol–water partition coefficient (Wildman–Crippen LogP) is 2.53. The number of nitrogens with one attached hydrogen (secondary N) is 2. The molecule has 2 rings (SSSR count). The van der Waals surface area contributed by atoms with Crippen LogP contribution in [0.15, 0.2) is 60.3 Å². The van der Waals surface area contributed by atoms with Crippen molar-refractivity contribution in [3.05, 3.63) is 77.2 Å². The number of carboxylic acid groups (broad SMARTS) is 1. The fourth-order valence-corrected chi connectivity index (χ4v) is 2.83. The van der Waals surface area contributed by atoms with Crippen LogP contribution in [-0.2, 0) is 9.59 Å². The third kappa shape index (κ3) is 5.95. The summed E-state index contributed by atoms with van der Waals surface area (Å²) in [6, 6.07) is 12.7. The maximum absolute atomic E-state index is 14.0. The van der Waals surface area contributed by atoms with Crippen LogP contribution in [0.25, 0.3) is 6.08 Å². The average molecular weight is 402 g/mol. The molecular weight excluding hydrogens is 383 g/mol. The highest BCUT2D eigenvalue weighted by molar-refractivity contribution is 7.98. The number of carboxylic acids is 1. The lowest BCUT2D eigenvalue weighted by Crippen LogP contribution is -2.45. The highest BCUT2D eigenvalue weighted by Crippen LogP contribution is 2.12. The molecule has 1 atom stereocenters. The van der Waals surface area contributed by atoms with E-state index in [1.807, 2.05) is 0 Å². The Labute approximate surface area is 165 Å². The second kappa shape index (κ2) is 10.3. The summed E-state index contributed by atoms with van der Waals surface area (Å²) in [5.41, 5.74) is 0.123. The average Bonchev–Trinajstić information content (AvgIpc) is 2.69. The van der Waals surface area contributed by atoms with E-state index in [1.54, 1.807) is 42.7 Å². The van der Waals surface area contributed by atoms with Gasteiger partial charge < -0.3 is 15.7 Å². The molecule has 2 aromatic carbocycles. The Hall–Kier alpha value is -3.13. The molecule has 0 radical (unpaired) electrons. The van der Waals surface area contributed by atoms with Gasteiger partial charge in [0, 0.05) is 16.9 Å². The highest BCUT2D eigenvalue weighted by atomic mass is 32.2. The Balaban J connectivity index is 2.33. The van der Waals surface area contributed by atoms with Gasteiger partial charge >= 0.3 is 5.97 Å². The third-order valence-electron chi connectivity index (χ3n) is 3.67. The maximum atomic E-state index is 14.0. The molecule has 0 saturated carbocycles. The number of aliphatic carboxylic acids is 1. The number of hydrogen-bond donors (Lipinski definition) is 3. The van der Waals surface area contributed by atoms with E-state index in [1.165, 1.54) is 36.0 Å². The Bertz CT molecular complexity index is 887. The van der Waals surface area contributed by atoms with E-state index >= 15 is 0 Å². The molecule has 8 heteroatoms. The van der Waals surface area contributed by atoms with E-state index in [9.17, 15) is 23.9 Å². The van der Waals surface area contributed by atoms with E-state index in [-0.39, 0.29) is 17.0 Å². The summed E-state index contributed by atoms with van der Waals surface area (Å²) in [7, 11) is 0. The topological polar surface area (TPSA) is 95.5 Å². The Kier molecular flexibility index (Phi) is 7.76. The zero-order valence-electron chi connectivity index (χ0n) is 15.0. The minimum absolute atomic E-state index is 0.0813. The van der Waals surface area contributed by atoms with E-state index < -0.39 is 29.6 Å². The molecule has 2 amide bonds. The van der Waals surface area contributed by atoms with Crippen LogP contribution in [0.1, 0.15) is 15.9 Å². The number of hydrogen-bond acceptors (Lipinski definition) is 4. The highest BCUT2D eigenvalue weighted by Gasteiger charge is 2.23. The Morgan fingerprint density at radius 2 is 1.75 bits per heavy atom. The van der Waals surface area contributed by atoms with Crippen LogP contribution < -0.4 is 10.6 Å². The normalized spacial score (nSPS) is 12.1. The first-order chi connectivity index (χ1) is 13.4. The molecule has 0 heterocycles. The molecule has 0 aliphatic rings. The fraction of sp³-hybridized carbons (Fsp3) is 0.150. The summed E-state index contributed by atoms with van der Waals surface area (Å²) in [4.78, 5) is 36.4. The van der Waals surface area contributed by atoms with E-state index in [0.717, 1.165) is 0 Å². The molecule has 146 valence electrons. The second-order valence-corrected chi connectivity index (χ2v) is 6.63. The van der Waals surface area contributed by atoms with Crippen molar-refractivity contribution in [3.8, 4) is 0 Å². The molecule has 2 aromatic rings. The molecule has 0 spiro atoms. The summed E-state index contributed by atoms with van der Waals surface area (Å²) in [5, 5.41) is 14.0. The summed E-state index contributed by atoms with van der Waals surface area (Å²) in [6.07, 6.45) is 2.87. The molecule has 28 heavy (non-hydrogen) atoms. The number of thioether (sulfide) groups is 1. The maximum Gasteiger partial charge on any atom is 0.327 e. The van der Waals surface area contributed by atoms with Crippen molar-refractivity contribution in [3.63, 3.8) is 0 Å². The van der Waals surface area contributed by atoms with Gasteiger partial charge in [-0.25, -0.2) is 9.18 Å². The van der Waals surface area contributed by atoms with Gasteiger partial charge in [0.15, 0.2) is 0 Å². The number of rotatable bonds is 8. The van der Waals surface area contributed by atoms with Crippen LogP contribution in [0.3, 0.4) is 0 Å². The minimum Gasteiger partial charge on any atom is -0.480 e. The van der Waals surface area contributed by atoms with Crippen LogP contribution in [0.2, 0.25) is 0 Å². The van der Waals surface area contributed by atoms with Gasteiger partial charge in [-0.3, -0.25) is 9.59 Å². The molecule has 0 aliphatic heterocycles. The molecule has 0 aromatic heterocycles. The second-order valence-electron chi connectivity index (χ2n) is 5.72. The van der Waals surface area contributed by atoms with E-state index in [4.69, 9.17) is 0 Å². The molecule has 0 saturated heterocycles. The minimum atomic E-state index is -1.21. The zero-order valence-corrected chi connectivity index (χ0v) is 15.8. The zero-order chi connectivity index (χ0) is 20.5. The molecule has 0 fully saturated rings. The van der Waals surface area contributed by atoms with E-state index in [0.29, 0.717) is 5.56 Å². The lowest BCUT2D eigenvalue weighted by Gasteiger charge is -2.16. The number of benzene rings is 2. The Morgan fingerprint density at radius 1 is 1.11 bits per heavy atom. The monoisotopic (exact) mass is 402 g/mol. The van der Waals surface area contributed by atoms with Gasteiger partial charge in [-0.15, -0.1) is 0 Å². The van der Waals surface area contributed by atoms with E-state index in [2.05, 4.69) is 10.6 Å². The van der Waals surface area contributed by atoms with Gasteiger partial charge in [-0.1, -0.05) is 36.4 Å². The van der Waals surface area contributed by atoms with Crippen LogP contribution >= 0.6 is 11.8 Å². The van der Waals surface area contributed by atoms with Crippen LogP contribution in [0, 0.1) is 5.82 Å². The van der Waals surface area contributed by atoms with Crippen molar-refractivity contribution in [1.29, 1.82) is 0 Å². The van der Waals surface area contributed by atoms with Crippen molar-refractivity contribution in [2.24, 2.45) is 0 Å². The van der Waals surface area contributed by atoms with Crippen LogP contribution in [-0.4, -0.2) is 40.9 Å². The fourth-order valence-electron chi connectivity index (χ4n) is 2.27. The quantitative estimate of drug-likeness (QED) is 0.590. The molecular formula is C20H19FN2O4S. The number of carbonyl (C=O) groups excluding carboxylic acids is 2. The van der Waals surface area contributed by atoms with Crippen LogP contribution in [0.5, 0.6) is 0 Å². The van der Waals surface area contributed by atoms with Crippen LogP contribution in [0.4, 0.5) is 4.39 Å². The van der Waals surface area contributed by atoms with Crippen molar-refractivity contribution in [2.75, 3.05) is 12.0 Å². The van der Waals surface area contributed by atoms with Gasteiger partial charge in [0.25, 0.3) is 11.8 Å². The smallest absolute Gasteiger partial charge is 0.327 e. The molecule has 0 unspecified atom stereocenters. The van der Waals surface area contributed by atoms with Gasteiger partial charge in [-0.2, -0.15) is 11.8 Å². The van der Waals surface area contributed by atoms with Gasteiger partial charge in [0.2, 0.25) is 0 Å². The standard InChI is InChI=1S/C20H19FN2O4S/c1-28-12-17(20(26)27)23-19(25)16(11-14-9-5-6-10-15(14)21)22-18(24)13-7-3-2-4-8-13/h2-11,17H,12H2,1H3,(H,22,24)(H,23,25)(H,26,27)/b16-11-/t17-/m1/s1. The lowest BCUT2D eigenvalue weighted by atomic mass is 10.1. The summed E-state index contributed by atoms with van der Waals surface area (Å²) >= 11 is 1.25. The molecule has 0 bridgehead atoms. The molecule has 6 nitrogen and oxygen atoms in total. The number of halogens is 1. The largest absolute Gasteiger partial charge is 0.480 e. The van der Waals surface area contributed by atoms with Crippen molar-refractivity contribution >= 4 is 35.6 Å². The third-order valence-corrected chi connectivity index (χ3v) is 4.34. The summed E-state index contributed by atoms with van der Waals surface area (Å²) < 4.78 is 14.0. The van der Waals surface area contributed by atoms with Crippen molar-refractivity contribution < 1.29 is 23.9 Å². The van der Waals surface area contributed by atoms with Gasteiger partial charge in [-0.05, 0) is 30.5 Å². The lowest BCUT2D eigenvalue weighted by molar-refractivity contribution is -0.140. The van der Waals surface area contributed by atoms with Gasteiger partial charge in [0.05, 0.1) is 0 Å². The first-order valence-corrected chi connectivity index (χ1v) is 9.67. The molecule has 0 aliphatic carbocycles. The summed E-state index contributed by atoms with van der Waals surface area (Å²) in [6.45, 7) is 0. The van der Waals surface area contributed by atoms with Crippen molar-refractivity contribution in [1.82, 2.24) is 10.6 Å². The van der Waals surface area contributed by atoms with Crippen molar-refractivity contribution in [2.45, 2.75) is 6.04 Å². The first-order valence-electron chi connectivity index (χ1n) is 8.27. The predicted molar refractivity (Wildman–Crippen MR) is 106 cm³/mol.